The van der Waals surface area contributed by atoms with Crippen LogP contribution >= 0.6 is 0 Å². The van der Waals surface area contributed by atoms with Crippen molar-refractivity contribution in [2.45, 2.75) is 39.0 Å². The molecule has 0 bridgehead atoms. The molecule has 0 unspecified atom stereocenters. The van der Waals surface area contributed by atoms with Crippen LogP contribution in [0, 0.1) is 6.92 Å². The Morgan fingerprint density at radius 3 is 2.26 bits per heavy atom. The molecule has 19 heavy (non-hydrogen) atoms. The maximum atomic E-state index is 10.8. The topological polar surface area (TPSA) is 55.8 Å². The van der Waals surface area contributed by atoms with Crippen LogP contribution in [0.4, 0.5) is 0 Å². The second kappa shape index (κ2) is 5.95. The summed E-state index contributed by atoms with van der Waals surface area (Å²) in [6.45, 7) is 5.99. The highest BCUT2D eigenvalue weighted by Gasteiger charge is 2.26. The lowest BCUT2D eigenvalue weighted by Gasteiger charge is -2.27. The van der Waals surface area contributed by atoms with Gasteiger partial charge in [-0.2, -0.15) is 0 Å². The van der Waals surface area contributed by atoms with Crippen molar-refractivity contribution in [2.24, 2.45) is 0 Å². The number of hydrogen-bond acceptors (Lipinski definition) is 3. The Hall–Kier alpha value is -1.71. The predicted octanol–water partition coefficient (Wildman–Crippen LogP) is 3.15. The normalized spacial score (nSPS) is 11.2. The van der Waals surface area contributed by atoms with Crippen LogP contribution in [0.25, 0.3) is 0 Å². The van der Waals surface area contributed by atoms with Crippen molar-refractivity contribution in [1.29, 1.82) is 0 Å². The van der Waals surface area contributed by atoms with Crippen molar-refractivity contribution in [3.8, 4) is 11.5 Å². The number of carboxylic acids is 1. The van der Waals surface area contributed by atoms with Crippen molar-refractivity contribution in [3.05, 3.63) is 23.3 Å². The molecule has 1 rings (SSSR count). The van der Waals surface area contributed by atoms with Crippen LogP contribution in [0.5, 0.6) is 11.5 Å². The van der Waals surface area contributed by atoms with Crippen LogP contribution in [-0.2, 0) is 10.2 Å². The van der Waals surface area contributed by atoms with E-state index in [2.05, 4.69) is 0 Å². The zero-order valence-electron chi connectivity index (χ0n) is 12.2. The summed E-state index contributed by atoms with van der Waals surface area (Å²) >= 11 is 0. The lowest BCUT2D eigenvalue weighted by Crippen LogP contribution is -2.20. The van der Waals surface area contributed by atoms with E-state index < -0.39 is 5.97 Å². The molecule has 0 aliphatic rings. The van der Waals surface area contributed by atoms with Gasteiger partial charge in [0.25, 0.3) is 0 Å². The molecule has 0 aliphatic heterocycles. The van der Waals surface area contributed by atoms with Gasteiger partial charge in [0, 0.05) is 12.0 Å². The van der Waals surface area contributed by atoms with E-state index in [4.69, 9.17) is 14.6 Å². The summed E-state index contributed by atoms with van der Waals surface area (Å²) in [5, 5.41) is 8.84. The molecule has 1 aromatic rings. The molecule has 0 radical (unpaired) electrons. The quantitative estimate of drug-likeness (QED) is 0.859. The van der Waals surface area contributed by atoms with Crippen LogP contribution in [0.15, 0.2) is 12.1 Å². The molecule has 0 aromatic heterocycles. The van der Waals surface area contributed by atoms with Crippen LogP contribution in [0.3, 0.4) is 0 Å². The lowest BCUT2D eigenvalue weighted by atomic mass is 9.79. The molecule has 106 valence electrons. The van der Waals surface area contributed by atoms with E-state index in [1.165, 1.54) is 0 Å². The maximum absolute atomic E-state index is 10.8. The molecular formula is C15H22O4. The molecule has 4 nitrogen and oxygen atoms in total. The summed E-state index contributed by atoms with van der Waals surface area (Å²) in [4.78, 5) is 10.8. The number of carbonyl (C=O) groups is 1. The molecule has 0 atom stereocenters. The van der Waals surface area contributed by atoms with Crippen molar-refractivity contribution in [3.63, 3.8) is 0 Å². The molecule has 0 saturated carbocycles. The van der Waals surface area contributed by atoms with Gasteiger partial charge in [0.15, 0.2) is 0 Å². The largest absolute Gasteiger partial charge is 0.496 e. The highest BCUT2D eigenvalue weighted by molar-refractivity contribution is 5.67. The van der Waals surface area contributed by atoms with E-state index in [9.17, 15) is 4.79 Å². The number of carboxylic acid groups (broad SMARTS) is 1. The van der Waals surface area contributed by atoms with Crippen LogP contribution in [-0.4, -0.2) is 25.3 Å². The van der Waals surface area contributed by atoms with Gasteiger partial charge in [-0.05, 0) is 36.5 Å². The van der Waals surface area contributed by atoms with Crippen molar-refractivity contribution in [1.82, 2.24) is 0 Å². The van der Waals surface area contributed by atoms with Crippen molar-refractivity contribution < 1.29 is 19.4 Å². The van der Waals surface area contributed by atoms with Crippen LogP contribution in [0.1, 0.15) is 37.8 Å². The van der Waals surface area contributed by atoms with E-state index in [0.29, 0.717) is 6.42 Å². The average Bonchev–Trinajstić information content (AvgIpc) is 2.35. The Labute approximate surface area is 114 Å². The Kier molecular flexibility index (Phi) is 4.81. The third kappa shape index (κ3) is 3.63. The SMILES string of the molecule is COc1cc(C(C)(C)CCC(=O)O)c(OC)cc1C. The second-order valence-electron chi connectivity index (χ2n) is 5.30. The molecule has 4 heteroatoms. The van der Waals surface area contributed by atoms with Gasteiger partial charge in [0.05, 0.1) is 14.2 Å². The number of aryl methyl sites for hydroxylation is 1. The Balaban J connectivity index is 3.19. The fourth-order valence-electron chi connectivity index (χ4n) is 2.13. The summed E-state index contributed by atoms with van der Waals surface area (Å²) in [7, 11) is 3.25. The standard InChI is InChI=1S/C15H22O4/c1-10-8-13(19-5)11(9-12(10)18-4)15(2,3)7-6-14(16)17/h8-9H,6-7H2,1-5H3,(H,16,17). The zero-order valence-corrected chi connectivity index (χ0v) is 12.2. The van der Waals surface area contributed by atoms with E-state index in [-0.39, 0.29) is 11.8 Å². The number of methoxy groups -OCH3 is 2. The number of rotatable bonds is 6. The van der Waals surface area contributed by atoms with Gasteiger partial charge in [0.1, 0.15) is 11.5 Å². The van der Waals surface area contributed by atoms with Gasteiger partial charge in [-0.25, -0.2) is 0 Å². The summed E-state index contributed by atoms with van der Waals surface area (Å²) in [5.74, 6) is 0.777. The van der Waals surface area contributed by atoms with Gasteiger partial charge >= 0.3 is 5.97 Å². The molecular weight excluding hydrogens is 244 g/mol. The zero-order chi connectivity index (χ0) is 14.6. The van der Waals surface area contributed by atoms with Gasteiger partial charge in [-0.3, -0.25) is 4.79 Å². The minimum Gasteiger partial charge on any atom is -0.496 e. The van der Waals surface area contributed by atoms with Gasteiger partial charge in [-0.1, -0.05) is 13.8 Å². The van der Waals surface area contributed by atoms with E-state index in [1.54, 1.807) is 14.2 Å². The molecule has 0 fully saturated rings. The average molecular weight is 266 g/mol. The third-order valence-corrected chi connectivity index (χ3v) is 3.41. The first-order valence-corrected chi connectivity index (χ1v) is 6.26. The highest BCUT2D eigenvalue weighted by atomic mass is 16.5. The maximum Gasteiger partial charge on any atom is 0.303 e. The summed E-state index contributed by atoms with van der Waals surface area (Å²) in [6.07, 6.45) is 0.678. The minimum absolute atomic E-state index is 0.131. The highest BCUT2D eigenvalue weighted by Crippen LogP contribution is 2.39. The van der Waals surface area contributed by atoms with E-state index in [0.717, 1.165) is 22.6 Å². The third-order valence-electron chi connectivity index (χ3n) is 3.41. The van der Waals surface area contributed by atoms with E-state index in [1.807, 2.05) is 32.9 Å². The number of benzene rings is 1. The predicted molar refractivity (Wildman–Crippen MR) is 74.2 cm³/mol. The molecule has 0 aliphatic carbocycles. The Morgan fingerprint density at radius 2 is 1.79 bits per heavy atom. The van der Waals surface area contributed by atoms with Gasteiger partial charge < -0.3 is 14.6 Å². The first kappa shape index (κ1) is 15.3. The van der Waals surface area contributed by atoms with Crippen molar-refractivity contribution in [2.75, 3.05) is 14.2 Å². The van der Waals surface area contributed by atoms with E-state index >= 15 is 0 Å². The second-order valence-corrected chi connectivity index (χ2v) is 5.30. The Bertz CT molecular complexity index is 463. The van der Waals surface area contributed by atoms with Crippen LogP contribution < -0.4 is 9.47 Å². The smallest absolute Gasteiger partial charge is 0.303 e. The summed E-state index contributed by atoms with van der Waals surface area (Å²) < 4.78 is 10.7. The van der Waals surface area contributed by atoms with Crippen LogP contribution in [0.2, 0.25) is 0 Å². The lowest BCUT2D eigenvalue weighted by molar-refractivity contribution is -0.137. The number of ether oxygens (including phenoxy) is 2. The molecule has 0 spiro atoms. The van der Waals surface area contributed by atoms with Gasteiger partial charge in [0.2, 0.25) is 0 Å². The summed E-state index contributed by atoms with van der Waals surface area (Å²) in [6, 6.07) is 3.87. The number of hydrogen-bond donors (Lipinski definition) is 1. The molecule has 0 saturated heterocycles. The van der Waals surface area contributed by atoms with Gasteiger partial charge in [-0.15, -0.1) is 0 Å². The Morgan fingerprint density at radius 1 is 1.21 bits per heavy atom. The monoisotopic (exact) mass is 266 g/mol. The number of aliphatic carboxylic acids is 1. The van der Waals surface area contributed by atoms with Crippen molar-refractivity contribution >= 4 is 5.97 Å². The summed E-state index contributed by atoms with van der Waals surface area (Å²) in [5.41, 5.74) is 1.68. The molecule has 1 aromatic carbocycles. The fraction of sp³-hybridized carbons (Fsp3) is 0.533. The minimum atomic E-state index is -0.786. The molecule has 0 heterocycles. The first-order chi connectivity index (χ1) is 8.81. The first-order valence-electron chi connectivity index (χ1n) is 6.26. The fourth-order valence-corrected chi connectivity index (χ4v) is 2.13. The molecule has 1 N–H and O–H groups in total. The molecule has 0 amide bonds.